The van der Waals surface area contributed by atoms with Crippen LogP contribution in [0, 0.1) is 5.92 Å². The summed E-state index contributed by atoms with van der Waals surface area (Å²) in [5.41, 5.74) is 2.92. The van der Waals surface area contributed by atoms with Crippen molar-refractivity contribution in [1.29, 1.82) is 0 Å². The lowest BCUT2D eigenvalue weighted by Gasteiger charge is -2.31. The van der Waals surface area contributed by atoms with E-state index in [1.54, 1.807) is 28.7 Å². The van der Waals surface area contributed by atoms with E-state index in [1.165, 1.54) is 4.68 Å². The Labute approximate surface area is 301 Å². The summed E-state index contributed by atoms with van der Waals surface area (Å²) in [7, 11) is -3.44. The number of fused-ring (bicyclic) bond motifs is 3. The highest BCUT2D eigenvalue weighted by Gasteiger charge is 2.66. The van der Waals surface area contributed by atoms with E-state index in [-0.39, 0.29) is 24.0 Å². The monoisotopic (exact) mass is 716 g/mol. The summed E-state index contributed by atoms with van der Waals surface area (Å²) in [6.45, 7) is 5.89. The average Bonchev–Trinajstić information content (AvgIpc) is 3.89. The van der Waals surface area contributed by atoms with Gasteiger partial charge in [-0.1, -0.05) is 84.9 Å². The van der Waals surface area contributed by atoms with Crippen LogP contribution < -0.4 is 10.5 Å². The zero-order valence-electron chi connectivity index (χ0n) is 29.3. The number of benzene rings is 4. The predicted octanol–water partition coefficient (Wildman–Crippen LogP) is 6.45. The van der Waals surface area contributed by atoms with Crippen LogP contribution in [-0.4, -0.2) is 56.9 Å². The molecule has 12 heteroatoms. The Morgan fingerprint density at radius 1 is 0.981 bits per heavy atom. The maximum atomic E-state index is 16.6. The van der Waals surface area contributed by atoms with E-state index < -0.39 is 31.6 Å². The number of ether oxygens (including phenoxy) is 1. The molecule has 0 aliphatic carbocycles. The SMILES string of the molecule is C[C@H]1[C@H]([Si](C)(C)F)[C@@H](CCn2cc(C(CO)c3ccccc3)nn2)O[C@]12C(=O)N(Cc1ccccc1)c1ccc(-n3[nH]c4ccccc4c3=O)cc12. The van der Waals surface area contributed by atoms with E-state index in [0.29, 0.717) is 53.0 Å². The van der Waals surface area contributed by atoms with Crippen LogP contribution in [0.25, 0.3) is 16.6 Å². The summed E-state index contributed by atoms with van der Waals surface area (Å²) >= 11 is 0. The van der Waals surface area contributed by atoms with Crippen LogP contribution in [0.3, 0.4) is 0 Å². The first-order valence-electron chi connectivity index (χ1n) is 17.7. The predicted molar refractivity (Wildman–Crippen MR) is 200 cm³/mol. The van der Waals surface area contributed by atoms with E-state index in [4.69, 9.17) is 4.74 Å². The fraction of sp³-hybridized carbons (Fsp3) is 0.300. The Morgan fingerprint density at radius 2 is 1.69 bits per heavy atom. The Hall–Kier alpha value is -5.17. The molecule has 2 aromatic heterocycles. The summed E-state index contributed by atoms with van der Waals surface area (Å²) < 4.78 is 26.8. The molecule has 1 saturated heterocycles. The summed E-state index contributed by atoms with van der Waals surface area (Å²) in [6, 6.07) is 32.3. The molecule has 2 N–H and O–H groups in total. The van der Waals surface area contributed by atoms with Crippen molar-refractivity contribution in [2.75, 3.05) is 11.5 Å². The standard InChI is InChI=1S/C40H41FN6O4Si/c1-26-37(52(2,3)41)36(20-21-45-24-34(42-44-45)31(25-48)28-14-8-5-9-15-28)51-40(26)32-22-29(47-38(49)30-16-10-11-17-33(30)43-47)18-19-35(32)46(39(40)50)23-27-12-6-4-7-13-27/h4-19,22,24,26,31,36-37,43,48H,20-21,23,25H2,1-3H3/t26-,31?,36+,37-,40+/m0/s1. The number of anilines is 1. The third-order valence-corrected chi connectivity index (χ3v) is 13.4. The normalized spacial score (nSPS) is 22.1. The van der Waals surface area contributed by atoms with Gasteiger partial charge in [0.2, 0.25) is 8.41 Å². The molecular weight excluding hydrogens is 676 g/mol. The molecule has 1 unspecified atom stereocenters. The minimum Gasteiger partial charge on any atom is -0.395 e. The van der Waals surface area contributed by atoms with Crippen LogP contribution in [0.1, 0.15) is 41.6 Å². The second-order valence-corrected chi connectivity index (χ2v) is 18.3. The largest absolute Gasteiger partial charge is 0.395 e. The minimum absolute atomic E-state index is 0.119. The second-order valence-electron chi connectivity index (χ2n) is 14.5. The highest BCUT2D eigenvalue weighted by atomic mass is 28.4. The molecule has 6 aromatic rings. The van der Waals surface area contributed by atoms with Gasteiger partial charge in [-0.3, -0.25) is 19.4 Å². The molecule has 0 saturated carbocycles. The molecule has 1 amide bonds. The summed E-state index contributed by atoms with van der Waals surface area (Å²) in [5, 5.41) is 22.7. The van der Waals surface area contributed by atoms with Crippen LogP contribution in [0.2, 0.25) is 18.6 Å². The van der Waals surface area contributed by atoms with E-state index >= 15 is 4.11 Å². The topological polar surface area (TPSA) is 118 Å². The number of aryl methyl sites for hydroxylation is 1. The van der Waals surface area contributed by atoms with Gasteiger partial charge in [0.25, 0.3) is 11.5 Å². The molecule has 52 heavy (non-hydrogen) atoms. The van der Waals surface area contributed by atoms with Crippen LogP contribution >= 0.6 is 0 Å². The molecule has 1 fully saturated rings. The van der Waals surface area contributed by atoms with Gasteiger partial charge in [0.15, 0.2) is 5.60 Å². The molecule has 266 valence electrons. The van der Waals surface area contributed by atoms with E-state index in [1.807, 2.05) is 110 Å². The van der Waals surface area contributed by atoms with Gasteiger partial charge >= 0.3 is 0 Å². The number of amides is 1. The van der Waals surface area contributed by atoms with Crippen molar-refractivity contribution < 1.29 is 18.7 Å². The highest BCUT2D eigenvalue weighted by Crippen LogP contribution is 2.60. The smallest absolute Gasteiger partial charge is 0.279 e. The Morgan fingerprint density at radius 3 is 2.40 bits per heavy atom. The number of nitrogens with one attached hydrogen (secondary N) is 1. The summed E-state index contributed by atoms with van der Waals surface area (Å²) in [5.74, 6) is -1.07. The Balaban J connectivity index is 1.17. The van der Waals surface area contributed by atoms with Crippen LogP contribution in [0.15, 0.2) is 114 Å². The van der Waals surface area contributed by atoms with Crippen molar-refractivity contribution in [2.45, 2.75) is 62.7 Å². The number of aromatic nitrogens is 5. The van der Waals surface area contributed by atoms with Gasteiger partial charge in [-0.25, -0.2) is 4.68 Å². The van der Waals surface area contributed by atoms with Crippen molar-refractivity contribution in [1.82, 2.24) is 24.8 Å². The van der Waals surface area contributed by atoms with Crippen LogP contribution in [-0.2, 0) is 28.2 Å². The number of H-pyrrole nitrogens is 1. The number of rotatable bonds is 10. The molecule has 5 atom stereocenters. The first-order valence-corrected chi connectivity index (χ1v) is 20.7. The van der Waals surface area contributed by atoms with E-state index in [2.05, 4.69) is 15.4 Å². The molecule has 8 rings (SSSR count). The quantitative estimate of drug-likeness (QED) is 0.124. The van der Waals surface area contributed by atoms with Crippen molar-refractivity contribution in [2.24, 2.45) is 5.92 Å². The number of halogens is 1. The number of hydrogen-bond acceptors (Lipinski definition) is 6. The number of hydrogen-bond donors (Lipinski definition) is 2. The molecule has 1 spiro atoms. The van der Waals surface area contributed by atoms with Gasteiger partial charge in [-0.05, 0) is 61.0 Å². The number of carbonyl (C=O) groups is 1. The number of carbonyl (C=O) groups excluding carboxylic acids is 1. The number of aliphatic hydroxyl groups excluding tert-OH is 1. The zero-order chi connectivity index (χ0) is 36.2. The number of aliphatic hydroxyl groups is 1. The second kappa shape index (κ2) is 13.1. The first kappa shape index (κ1) is 33.9. The van der Waals surface area contributed by atoms with Crippen LogP contribution in [0.4, 0.5) is 9.80 Å². The van der Waals surface area contributed by atoms with Gasteiger partial charge in [0.1, 0.15) is 0 Å². The molecule has 4 heterocycles. The lowest BCUT2D eigenvalue weighted by Crippen LogP contribution is -2.45. The van der Waals surface area contributed by atoms with Crippen molar-refractivity contribution in [3.05, 3.63) is 142 Å². The average molecular weight is 717 g/mol. The van der Waals surface area contributed by atoms with Crippen molar-refractivity contribution >= 4 is 30.9 Å². The molecule has 0 radical (unpaired) electrons. The van der Waals surface area contributed by atoms with Crippen LogP contribution in [0.5, 0.6) is 0 Å². The van der Waals surface area contributed by atoms with Gasteiger partial charge in [0.05, 0.1) is 53.1 Å². The zero-order valence-corrected chi connectivity index (χ0v) is 30.3. The molecule has 4 aromatic carbocycles. The lowest BCUT2D eigenvalue weighted by molar-refractivity contribution is -0.146. The molecule has 2 aliphatic rings. The molecule has 10 nitrogen and oxygen atoms in total. The maximum absolute atomic E-state index is 16.6. The van der Waals surface area contributed by atoms with E-state index in [0.717, 1.165) is 11.1 Å². The van der Waals surface area contributed by atoms with Crippen molar-refractivity contribution in [3.63, 3.8) is 0 Å². The Kier molecular flexibility index (Phi) is 8.55. The van der Waals surface area contributed by atoms with Gasteiger partial charge < -0.3 is 18.9 Å². The molecule has 0 bridgehead atoms. The van der Waals surface area contributed by atoms with E-state index in [9.17, 15) is 14.7 Å². The fourth-order valence-corrected chi connectivity index (χ4v) is 11.0. The molecule has 2 aliphatic heterocycles. The molecular formula is C40H41FN6O4Si. The number of aromatic amines is 1. The van der Waals surface area contributed by atoms with Gasteiger partial charge in [0, 0.05) is 29.8 Å². The number of nitrogens with zero attached hydrogens (tertiary/aromatic N) is 5. The van der Waals surface area contributed by atoms with Gasteiger partial charge in [-0.2, -0.15) is 0 Å². The number of para-hydroxylation sites is 1. The minimum atomic E-state index is -3.44. The third-order valence-electron chi connectivity index (χ3n) is 10.9. The summed E-state index contributed by atoms with van der Waals surface area (Å²) in [4.78, 5) is 30.2. The first-order chi connectivity index (χ1) is 25.1. The third kappa shape index (κ3) is 5.62. The fourth-order valence-electron chi connectivity index (χ4n) is 8.50. The highest BCUT2D eigenvalue weighted by molar-refractivity contribution is 6.72. The van der Waals surface area contributed by atoms with Gasteiger partial charge in [-0.15, -0.1) is 5.10 Å². The maximum Gasteiger partial charge on any atom is 0.279 e. The Bertz CT molecular complexity index is 2300. The lowest BCUT2D eigenvalue weighted by atomic mass is 9.82. The van der Waals surface area contributed by atoms with Crippen molar-refractivity contribution in [3.8, 4) is 5.69 Å². The summed E-state index contributed by atoms with van der Waals surface area (Å²) in [6.07, 6.45) is 1.62.